The predicted octanol–water partition coefficient (Wildman–Crippen LogP) is 2.28. The molecule has 1 atom stereocenters. The molecule has 0 aliphatic carbocycles. The lowest BCUT2D eigenvalue weighted by molar-refractivity contribution is -0.145. The number of ether oxygens (including phenoxy) is 1. The Morgan fingerprint density at radius 2 is 2.27 bits per heavy atom. The molecule has 0 fully saturated rings. The second kappa shape index (κ2) is 5.44. The van der Waals surface area contributed by atoms with Gasteiger partial charge >= 0.3 is 5.97 Å². The molecule has 82 valence electrons. The van der Waals surface area contributed by atoms with Crippen LogP contribution in [0.2, 0.25) is 0 Å². The van der Waals surface area contributed by atoms with Gasteiger partial charge in [0.25, 0.3) is 0 Å². The minimum Gasteiger partial charge on any atom is -0.466 e. The van der Waals surface area contributed by atoms with Crippen LogP contribution in [0.1, 0.15) is 31.7 Å². The van der Waals surface area contributed by atoms with E-state index in [1.54, 1.807) is 6.92 Å². The van der Waals surface area contributed by atoms with E-state index < -0.39 is 11.7 Å². The molecule has 0 aliphatic rings. The summed E-state index contributed by atoms with van der Waals surface area (Å²) >= 11 is 0. The summed E-state index contributed by atoms with van der Waals surface area (Å²) < 4.78 is 17.8. The maximum absolute atomic E-state index is 12.9. The van der Waals surface area contributed by atoms with Gasteiger partial charge in [0.05, 0.1) is 18.7 Å². The smallest absolute Gasteiger partial charge is 0.313 e. The van der Waals surface area contributed by atoms with Gasteiger partial charge in [0, 0.05) is 6.20 Å². The van der Waals surface area contributed by atoms with Crippen molar-refractivity contribution in [3.63, 3.8) is 0 Å². The minimum atomic E-state index is -0.435. The standard InChI is InChI=1S/C11H14FNO2/c1-3-10(11(14)15-4-2)8-5-9(12)7-13-6-8/h5-7,10H,3-4H2,1-2H3. The summed E-state index contributed by atoms with van der Waals surface area (Å²) in [6, 6.07) is 1.32. The highest BCUT2D eigenvalue weighted by atomic mass is 19.1. The molecular weight excluding hydrogens is 197 g/mol. The topological polar surface area (TPSA) is 39.2 Å². The summed E-state index contributed by atoms with van der Waals surface area (Å²) in [5, 5.41) is 0. The Hall–Kier alpha value is -1.45. The molecule has 3 nitrogen and oxygen atoms in total. The third-order valence-corrected chi connectivity index (χ3v) is 2.11. The van der Waals surface area contributed by atoms with Crippen LogP contribution in [-0.4, -0.2) is 17.6 Å². The van der Waals surface area contributed by atoms with Crippen LogP contribution in [0.5, 0.6) is 0 Å². The molecular formula is C11H14FNO2. The Kier molecular flexibility index (Phi) is 4.21. The fourth-order valence-electron chi connectivity index (χ4n) is 1.40. The van der Waals surface area contributed by atoms with Crippen molar-refractivity contribution < 1.29 is 13.9 Å². The Morgan fingerprint density at radius 1 is 1.53 bits per heavy atom. The highest BCUT2D eigenvalue weighted by Crippen LogP contribution is 2.20. The molecule has 1 heterocycles. The second-order valence-corrected chi connectivity index (χ2v) is 3.15. The maximum Gasteiger partial charge on any atom is 0.313 e. The summed E-state index contributed by atoms with van der Waals surface area (Å²) in [7, 11) is 0. The van der Waals surface area contributed by atoms with Gasteiger partial charge in [0.1, 0.15) is 5.82 Å². The van der Waals surface area contributed by atoms with Crippen molar-refractivity contribution in [3.8, 4) is 0 Å². The normalized spacial score (nSPS) is 12.2. The second-order valence-electron chi connectivity index (χ2n) is 3.15. The molecule has 0 radical (unpaired) electrons. The van der Waals surface area contributed by atoms with E-state index in [0.29, 0.717) is 18.6 Å². The molecule has 1 rings (SSSR count). The minimum absolute atomic E-state index is 0.326. The van der Waals surface area contributed by atoms with E-state index in [9.17, 15) is 9.18 Å². The van der Waals surface area contributed by atoms with Crippen LogP contribution < -0.4 is 0 Å². The number of hydrogen-bond donors (Lipinski definition) is 0. The SMILES string of the molecule is CCOC(=O)C(CC)c1cncc(F)c1. The van der Waals surface area contributed by atoms with Crippen molar-refractivity contribution in [3.05, 3.63) is 29.8 Å². The molecule has 1 unspecified atom stereocenters. The van der Waals surface area contributed by atoms with E-state index in [1.807, 2.05) is 6.92 Å². The average Bonchev–Trinajstić information content (AvgIpc) is 2.19. The lowest BCUT2D eigenvalue weighted by atomic mass is 9.98. The number of rotatable bonds is 4. The molecule has 0 aromatic carbocycles. The van der Waals surface area contributed by atoms with Crippen molar-refractivity contribution >= 4 is 5.97 Å². The molecule has 0 N–H and O–H groups in total. The van der Waals surface area contributed by atoms with Gasteiger partial charge in [-0.1, -0.05) is 6.92 Å². The van der Waals surface area contributed by atoms with Crippen LogP contribution in [0.3, 0.4) is 0 Å². The number of carbonyl (C=O) groups excluding carboxylic acids is 1. The molecule has 0 aliphatic heterocycles. The first kappa shape index (κ1) is 11.6. The zero-order valence-electron chi connectivity index (χ0n) is 8.87. The number of pyridine rings is 1. The molecule has 1 aromatic rings. The maximum atomic E-state index is 12.9. The van der Waals surface area contributed by atoms with Gasteiger partial charge < -0.3 is 4.74 Å². The fourth-order valence-corrected chi connectivity index (χ4v) is 1.40. The summed E-state index contributed by atoms with van der Waals surface area (Å²) in [6.45, 7) is 3.93. The van der Waals surface area contributed by atoms with Crippen molar-refractivity contribution in [2.75, 3.05) is 6.61 Å². The number of halogens is 1. The van der Waals surface area contributed by atoms with Crippen LogP contribution >= 0.6 is 0 Å². The zero-order valence-corrected chi connectivity index (χ0v) is 8.87. The molecule has 0 amide bonds. The third-order valence-electron chi connectivity index (χ3n) is 2.11. The Labute approximate surface area is 88.3 Å². The van der Waals surface area contributed by atoms with Gasteiger partial charge in [-0.2, -0.15) is 0 Å². The largest absolute Gasteiger partial charge is 0.466 e. The average molecular weight is 211 g/mol. The van der Waals surface area contributed by atoms with Gasteiger partial charge in [0.15, 0.2) is 0 Å². The quantitative estimate of drug-likeness (QED) is 0.717. The van der Waals surface area contributed by atoms with Crippen LogP contribution in [0.4, 0.5) is 4.39 Å². The number of aromatic nitrogens is 1. The highest BCUT2D eigenvalue weighted by molar-refractivity contribution is 5.77. The molecule has 15 heavy (non-hydrogen) atoms. The summed E-state index contributed by atoms with van der Waals surface area (Å²) in [5.41, 5.74) is 0.566. The first-order valence-corrected chi connectivity index (χ1v) is 4.96. The van der Waals surface area contributed by atoms with Crippen molar-refractivity contribution in [1.29, 1.82) is 0 Å². The van der Waals surface area contributed by atoms with E-state index in [1.165, 1.54) is 12.3 Å². The number of nitrogens with zero attached hydrogens (tertiary/aromatic N) is 1. The molecule has 0 saturated carbocycles. The summed E-state index contributed by atoms with van der Waals surface area (Å²) in [6.07, 6.45) is 3.18. The number of carbonyl (C=O) groups is 1. The van der Waals surface area contributed by atoms with Gasteiger partial charge in [-0.15, -0.1) is 0 Å². The van der Waals surface area contributed by atoms with Crippen molar-refractivity contribution in [2.24, 2.45) is 0 Å². The van der Waals surface area contributed by atoms with Crippen LogP contribution in [0.15, 0.2) is 18.5 Å². The van der Waals surface area contributed by atoms with Crippen LogP contribution in [-0.2, 0) is 9.53 Å². The Morgan fingerprint density at radius 3 is 2.80 bits per heavy atom. The van der Waals surface area contributed by atoms with Gasteiger partial charge in [-0.25, -0.2) is 4.39 Å². The Balaban J connectivity index is 2.87. The first-order chi connectivity index (χ1) is 7.19. The van der Waals surface area contributed by atoms with E-state index in [2.05, 4.69) is 4.98 Å². The molecule has 0 spiro atoms. The predicted molar refractivity (Wildman–Crippen MR) is 53.9 cm³/mol. The van der Waals surface area contributed by atoms with E-state index in [-0.39, 0.29) is 5.97 Å². The summed E-state index contributed by atoms with van der Waals surface area (Å²) in [5.74, 6) is -1.18. The first-order valence-electron chi connectivity index (χ1n) is 4.96. The van der Waals surface area contributed by atoms with Crippen LogP contribution in [0, 0.1) is 5.82 Å². The van der Waals surface area contributed by atoms with Crippen molar-refractivity contribution in [2.45, 2.75) is 26.2 Å². The van der Waals surface area contributed by atoms with Gasteiger partial charge in [-0.05, 0) is 25.0 Å². The molecule has 1 aromatic heterocycles. The molecule has 0 saturated heterocycles. The highest BCUT2D eigenvalue weighted by Gasteiger charge is 2.20. The van der Waals surface area contributed by atoms with Gasteiger partial charge in [0.2, 0.25) is 0 Å². The van der Waals surface area contributed by atoms with Gasteiger partial charge in [-0.3, -0.25) is 9.78 Å². The van der Waals surface area contributed by atoms with E-state index in [4.69, 9.17) is 4.74 Å². The van der Waals surface area contributed by atoms with Crippen LogP contribution in [0.25, 0.3) is 0 Å². The lowest BCUT2D eigenvalue weighted by Gasteiger charge is -2.13. The number of hydrogen-bond acceptors (Lipinski definition) is 3. The van der Waals surface area contributed by atoms with E-state index >= 15 is 0 Å². The molecule has 0 bridgehead atoms. The molecule has 4 heteroatoms. The lowest BCUT2D eigenvalue weighted by Crippen LogP contribution is -2.15. The Bertz CT molecular complexity index is 341. The van der Waals surface area contributed by atoms with Crippen molar-refractivity contribution in [1.82, 2.24) is 4.98 Å². The monoisotopic (exact) mass is 211 g/mol. The fraction of sp³-hybridized carbons (Fsp3) is 0.455. The number of esters is 1. The van der Waals surface area contributed by atoms with E-state index in [0.717, 1.165) is 6.20 Å². The zero-order chi connectivity index (χ0) is 11.3. The summed E-state index contributed by atoms with van der Waals surface area (Å²) in [4.78, 5) is 15.2. The third kappa shape index (κ3) is 3.01.